The Bertz CT molecular complexity index is 2760. The number of likely N-dealkylation sites (N-methyl/N-ethyl adjacent to an activating group) is 2. The van der Waals surface area contributed by atoms with Gasteiger partial charge < -0.3 is 49.3 Å². The van der Waals surface area contributed by atoms with Crippen LogP contribution in [0.25, 0.3) is 21.8 Å². The highest BCUT2D eigenvalue weighted by atomic mass is 19.1. The van der Waals surface area contributed by atoms with Gasteiger partial charge in [-0.1, -0.05) is 18.2 Å². The van der Waals surface area contributed by atoms with Crippen molar-refractivity contribution in [1.82, 2.24) is 38.9 Å². The van der Waals surface area contributed by atoms with Crippen LogP contribution in [0.1, 0.15) is 71.9 Å². The van der Waals surface area contributed by atoms with E-state index in [0.29, 0.717) is 54.2 Å². The number of nitrogens with zero attached hydrogens (tertiary/aromatic N) is 7. The van der Waals surface area contributed by atoms with Crippen molar-refractivity contribution in [2.75, 3.05) is 59.0 Å². The fourth-order valence-corrected chi connectivity index (χ4v) is 8.05. The number of aromatic nitrogens is 6. The predicted molar refractivity (Wildman–Crippen MR) is 222 cm³/mol. The molecule has 0 saturated heterocycles. The van der Waals surface area contributed by atoms with Gasteiger partial charge in [-0.2, -0.15) is 5.10 Å². The van der Waals surface area contributed by atoms with E-state index in [1.54, 1.807) is 32.1 Å². The van der Waals surface area contributed by atoms with E-state index in [1.807, 2.05) is 52.0 Å². The molecule has 60 heavy (non-hydrogen) atoms. The number of hydrogen-bond acceptors (Lipinski definition) is 12. The van der Waals surface area contributed by atoms with Crippen molar-refractivity contribution in [1.29, 1.82) is 0 Å². The van der Waals surface area contributed by atoms with Crippen LogP contribution in [0.2, 0.25) is 0 Å². The van der Waals surface area contributed by atoms with Gasteiger partial charge in [-0.05, 0) is 51.5 Å². The maximum Gasteiger partial charge on any atom is 0.280 e. The first-order valence-corrected chi connectivity index (χ1v) is 19.3. The number of rotatable bonds is 10. The normalized spacial score (nSPS) is 16.1. The molecule has 0 spiro atoms. The first-order chi connectivity index (χ1) is 28.8. The second-order valence-electron chi connectivity index (χ2n) is 14.5. The number of hydrogen-bond donors (Lipinski definition) is 3. The third-order valence-electron chi connectivity index (χ3n) is 10.9. The highest BCUT2D eigenvalue weighted by Crippen LogP contribution is 2.40. The lowest BCUT2D eigenvalue weighted by Crippen LogP contribution is -2.42. The largest absolute Gasteiger partial charge is 0.497 e. The molecule has 0 saturated carbocycles. The van der Waals surface area contributed by atoms with E-state index in [2.05, 4.69) is 15.3 Å². The molecule has 2 atom stereocenters. The van der Waals surface area contributed by atoms with Gasteiger partial charge in [0, 0.05) is 49.9 Å². The highest BCUT2D eigenvalue weighted by Gasteiger charge is 2.38. The molecule has 2 aliphatic heterocycles. The molecule has 0 unspecified atom stereocenters. The zero-order valence-corrected chi connectivity index (χ0v) is 34.4. The summed E-state index contributed by atoms with van der Waals surface area (Å²) in [6.45, 7) is 10.0. The molecule has 8 rings (SSSR count). The van der Waals surface area contributed by atoms with Crippen molar-refractivity contribution < 1.29 is 32.9 Å². The van der Waals surface area contributed by atoms with Gasteiger partial charge in [-0.3, -0.25) is 19.2 Å². The summed E-state index contributed by atoms with van der Waals surface area (Å²) in [5.41, 5.74) is 14.3. The quantitative estimate of drug-likeness (QED) is 0.179. The van der Waals surface area contributed by atoms with Gasteiger partial charge in [0.15, 0.2) is 34.5 Å². The number of nitrogen functional groups attached to an aromatic ring is 2. The molecule has 4 aromatic heterocycles. The van der Waals surface area contributed by atoms with Crippen LogP contribution in [-0.4, -0.2) is 98.2 Å². The Morgan fingerprint density at radius 1 is 0.783 bits per heavy atom. The molecule has 6 heterocycles. The van der Waals surface area contributed by atoms with Crippen LogP contribution < -0.4 is 41.5 Å². The van der Waals surface area contributed by atoms with Crippen molar-refractivity contribution in [3.05, 3.63) is 91.5 Å². The minimum Gasteiger partial charge on any atom is -0.497 e. The molecule has 0 aliphatic carbocycles. The zero-order valence-electron chi connectivity index (χ0n) is 34.4. The lowest BCUT2D eigenvalue weighted by Gasteiger charge is -2.32. The molecule has 2 amide bonds. The third-order valence-corrected chi connectivity index (χ3v) is 10.9. The Morgan fingerprint density at radius 2 is 1.35 bits per heavy atom. The first-order valence-electron chi connectivity index (χ1n) is 19.3. The molecule has 0 fully saturated rings. The number of nitrogens with two attached hydrogens (primary N) is 2. The Balaban J connectivity index is 0.000000218. The smallest absolute Gasteiger partial charge is 0.280 e. The summed E-state index contributed by atoms with van der Waals surface area (Å²) < 4.78 is 40.9. The van der Waals surface area contributed by atoms with Gasteiger partial charge in [0.05, 0.1) is 27.9 Å². The van der Waals surface area contributed by atoms with Gasteiger partial charge in [0.1, 0.15) is 45.7 Å². The van der Waals surface area contributed by atoms with Crippen LogP contribution in [0.5, 0.6) is 23.0 Å². The molecule has 2 aliphatic rings. The van der Waals surface area contributed by atoms with Crippen molar-refractivity contribution in [3.8, 4) is 23.0 Å². The number of H-pyrrole nitrogens is 1. The summed E-state index contributed by atoms with van der Waals surface area (Å²) in [5.74, 6) is 0.796. The Morgan fingerprint density at radius 3 is 1.90 bits per heavy atom. The number of halogens is 1. The van der Waals surface area contributed by atoms with Crippen LogP contribution in [-0.2, 0) is 13.2 Å². The molecule has 2 aromatic carbocycles. The molecule has 18 nitrogen and oxygen atoms in total. The molecule has 6 aromatic rings. The summed E-state index contributed by atoms with van der Waals surface area (Å²) >= 11 is 0. The average molecular weight is 827 g/mol. The summed E-state index contributed by atoms with van der Waals surface area (Å²) in [5, 5.41) is 11.0. The maximum atomic E-state index is 14.2. The first kappa shape index (κ1) is 41.1. The molecular weight excluding hydrogens is 780 g/mol. The average Bonchev–Trinajstić information content (AvgIpc) is 3.81. The number of fused-ring (bicyclic) bond motifs is 6. The number of carbonyl (C=O) groups is 2. The van der Waals surface area contributed by atoms with Crippen LogP contribution in [0.15, 0.2) is 52.1 Å². The summed E-state index contributed by atoms with van der Waals surface area (Å²) in [4.78, 5) is 55.1. The topological polar surface area (TPSA) is 220 Å². The standard InChI is InChI=1S/C28H30FN5O5.C13H17N5O3/c1-5-32-13-16(2)34-23-22(25(38-4)24(34)28(32)36)27(35)33(31-26(23)30)14-18-8-9-19(29)12-21(18)39-15-17-6-10-20(37-3)11-7-17;1-4-17-5-6(2)18-8-7(12(19)16-15-11(8)14)10(21-3)9(18)13(17)20/h6-12,16H,5,13-15H2,1-4H3,(H2,30,31);6H,4-5H2,1-3H3,(H2,14,15)(H,16,19)/t16-;6-/m00/s1. The minimum atomic E-state index is -0.480. The number of methoxy groups -OCH3 is 3. The fraction of sp³-hybridized carbons (Fsp3) is 0.366. The molecule has 0 radical (unpaired) electrons. The Kier molecular flexibility index (Phi) is 11.2. The van der Waals surface area contributed by atoms with Gasteiger partial charge in [0.25, 0.3) is 22.9 Å². The Hall–Kier alpha value is -7.05. The van der Waals surface area contributed by atoms with Crippen LogP contribution in [0.4, 0.5) is 16.0 Å². The highest BCUT2D eigenvalue weighted by molar-refractivity contribution is 6.08. The Labute approximate surface area is 342 Å². The third kappa shape index (κ3) is 6.88. The lowest BCUT2D eigenvalue weighted by atomic mass is 10.2. The number of amides is 2. The van der Waals surface area contributed by atoms with E-state index in [0.717, 1.165) is 5.56 Å². The van der Waals surface area contributed by atoms with Crippen molar-refractivity contribution in [2.24, 2.45) is 0 Å². The van der Waals surface area contributed by atoms with E-state index < -0.39 is 16.9 Å². The van der Waals surface area contributed by atoms with Crippen molar-refractivity contribution >= 4 is 45.3 Å². The van der Waals surface area contributed by atoms with Crippen molar-refractivity contribution in [2.45, 2.75) is 52.9 Å². The summed E-state index contributed by atoms with van der Waals surface area (Å²) in [6.07, 6.45) is 0. The van der Waals surface area contributed by atoms with Gasteiger partial charge >= 0.3 is 0 Å². The van der Waals surface area contributed by atoms with Crippen LogP contribution >= 0.6 is 0 Å². The zero-order chi connectivity index (χ0) is 43.2. The van der Waals surface area contributed by atoms with Gasteiger partial charge in [-0.25, -0.2) is 14.2 Å². The van der Waals surface area contributed by atoms with E-state index in [1.165, 1.54) is 31.0 Å². The second kappa shape index (κ2) is 16.3. The predicted octanol–water partition coefficient (Wildman–Crippen LogP) is 3.95. The van der Waals surface area contributed by atoms with Crippen molar-refractivity contribution in [3.63, 3.8) is 0 Å². The maximum absolute atomic E-state index is 14.2. The monoisotopic (exact) mass is 826 g/mol. The molecule has 19 heteroatoms. The van der Waals surface area contributed by atoms with E-state index in [9.17, 15) is 23.6 Å². The minimum absolute atomic E-state index is 0.0186. The number of benzene rings is 2. The fourth-order valence-electron chi connectivity index (χ4n) is 8.05. The molecule has 5 N–H and O–H groups in total. The lowest BCUT2D eigenvalue weighted by molar-refractivity contribution is 0.0678. The van der Waals surface area contributed by atoms with E-state index in [-0.39, 0.29) is 82.4 Å². The van der Waals surface area contributed by atoms with Crippen LogP contribution in [0, 0.1) is 5.82 Å². The number of anilines is 2. The van der Waals surface area contributed by atoms with Gasteiger partial charge in [-0.15, -0.1) is 5.10 Å². The summed E-state index contributed by atoms with van der Waals surface area (Å²) in [7, 11) is 4.44. The van der Waals surface area contributed by atoms with E-state index in [4.69, 9.17) is 30.4 Å². The van der Waals surface area contributed by atoms with Gasteiger partial charge in [0.2, 0.25) is 0 Å². The number of aromatic amines is 1. The molecular formula is C41H47FN10O8. The number of ether oxygens (including phenoxy) is 4. The molecule has 0 bridgehead atoms. The summed E-state index contributed by atoms with van der Waals surface area (Å²) in [6, 6.07) is 11.3. The second-order valence-corrected chi connectivity index (χ2v) is 14.5. The molecule has 316 valence electrons. The number of carbonyl (C=O) groups excluding carboxylic acids is 2. The van der Waals surface area contributed by atoms with Crippen LogP contribution in [0.3, 0.4) is 0 Å². The van der Waals surface area contributed by atoms with E-state index >= 15 is 0 Å². The SMILES string of the molecule is CCN1C[C@H](C)n2c(c(OC)c3c(=O)[nH]nc(N)c32)C1=O.CCN1C[C@H](C)n2c(c(OC)c3c(=O)n(Cc4ccc(F)cc4OCc4ccc(OC)cc4)nc(N)c32)C1=O. The number of nitrogens with one attached hydrogen (secondary N) is 1.